The van der Waals surface area contributed by atoms with E-state index in [9.17, 15) is 10.2 Å². The van der Waals surface area contributed by atoms with Gasteiger partial charge < -0.3 is 10.2 Å². The minimum atomic E-state index is 0.176. The Morgan fingerprint density at radius 2 is 1.76 bits per heavy atom. The molecular weight excluding hydrogens is 330 g/mol. The summed E-state index contributed by atoms with van der Waals surface area (Å²) in [5.41, 5.74) is 2.29. The van der Waals surface area contributed by atoms with Gasteiger partial charge in [0.05, 0.1) is 10.2 Å². The Morgan fingerprint density at radius 1 is 0.905 bits per heavy atom. The van der Waals surface area contributed by atoms with Gasteiger partial charge in [0.1, 0.15) is 17.0 Å². The molecule has 0 spiro atoms. The summed E-state index contributed by atoms with van der Waals surface area (Å²) in [6.07, 6.45) is 3.77. The van der Waals surface area contributed by atoms with Crippen LogP contribution in [0.3, 0.4) is 0 Å². The third-order valence-electron chi connectivity index (χ3n) is 3.14. The van der Waals surface area contributed by atoms with E-state index in [2.05, 4.69) is 20.9 Å². The number of rotatable bonds is 2. The van der Waals surface area contributed by atoms with Crippen LogP contribution in [0.1, 0.15) is 11.3 Å². The lowest BCUT2D eigenvalue weighted by Gasteiger charge is -2.01. The van der Waals surface area contributed by atoms with Gasteiger partial charge in [0.15, 0.2) is 0 Å². The van der Waals surface area contributed by atoms with Gasteiger partial charge in [0.2, 0.25) is 0 Å². The monoisotopic (exact) mass is 341 g/mol. The molecule has 0 aliphatic heterocycles. The van der Waals surface area contributed by atoms with Crippen molar-refractivity contribution in [1.29, 1.82) is 0 Å². The van der Waals surface area contributed by atoms with Crippen LogP contribution >= 0.6 is 15.9 Å². The van der Waals surface area contributed by atoms with Crippen LogP contribution in [0.25, 0.3) is 23.1 Å². The summed E-state index contributed by atoms with van der Waals surface area (Å²) < 4.78 is 0.647. The number of hydrogen-bond donors (Lipinski definition) is 2. The van der Waals surface area contributed by atoms with Gasteiger partial charge in [0.25, 0.3) is 0 Å². The zero-order valence-electron chi connectivity index (χ0n) is 11.0. The van der Waals surface area contributed by atoms with Crippen molar-refractivity contribution in [3.63, 3.8) is 0 Å². The summed E-state index contributed by atoms with van der Waals surface area (Å²) in [6, 6.07) is 14.4. The molecule has 21 heavy (non-hydrogen) atoms. The fourth-order valence-corrected chi connectivity index (χ4v) is 2.44. The Morgan fingerprint density at radius 3 is 2.57 bits per heavy atom. The fraction of sp³-hybridized carbons (Fsp3) is 0. The van der Waals surface area contributed by atoms with Crippen molar-refractivity contribution in [3.8, 4) is 11.5 Å². The number of pyridine rings is 1. The van der Waals surface area contributed by atoms with Gasteiger partial charge in [-0.15, -0.1) is 0 Å². The number of aromatic hydroxyl groups is 2. The number of para-hydroxylation sites is 1. The normalized spacial score (nSPS) is 11.3. The summed E-state index contributed by atoms with van der Waals surface area (Å²) in [6.45, 7) is 0. The number of aromatic nitrogens is 1. The standard InChI is InChI=1S/C17H12BrNO2/c18-14-10-11(5-9-15(14)20)4-7-13-8-6-12-2-1-3-16(21)17(12)19-13/h1-10,20-21H/b7-4-. The van der Waals surface area contributed by atoms with Crippen LogP contribution in [-0.4, -0.2) is 15.2 Å². The van der Waals surface area contributed by atoms with Crippen LogP contribution in [0.15, 0.2) is 53.0 Å². The highest BCUT2D eigenvalue weighted by molar-refractivity contribution is 9.10. The molecule has 0 atom stereocenters. The van der Waals surface area contributed by atoms with Crippen molar-refractivity contribution in [2.75, 3.05) is 0 Å². The average molecular weight is 342 g/mol. The number of phenols is 2. The Labute approximate surface area is 130 Å². The van der Waals surface area contributed by atoms with E-state index in [1.54, 1.807) is 18.2 Å². The SMILES string of the molecule is Oc1ccc(/C=C\c2ccc3cccc(O)c3n2)cc1Br. The van der Waals surface area contributed by atoms with Crippen LogP contribution in [0, 0.1) is 0 Å². The van der Waals surface area contributed by atoms with Crippen molar-refractivity contribution >= 4 is 39.0 Å². The first-order valence-electron chi connectivity index (χ1n) is 6.39. The highest BCUT2D eigenvalue weighted by Gasteiger charge is 2.01. The first-order valence-corrected chi connectivity index (χ1v) is 7.18. The lowest BCUT2D eigenvalue weighted by atomic mass is 10.1. The molecule has 0 aliphatic rings. The molecule has 1 aromatic heterocycles. The van der Waals surface area contributed by atoms with E-state index in [0.717, 1.165) is 16.6 Å². The van der Waals surface area contributed by atoms with Crippen LogP contribution in [0.5, 0.6) is 11.5 Å². The van der Waals surface area contributed by atoms with Crippen LogP contribution < -0.4 is 0 Å². The molecule has 2 N–H and O–H groups in total. The third kappa shape index (κ3) is 2.90. The number of halogens is 1. The second kappa shape index (κ2) is 5.58. The summed E-state index contributed by atoms with van der Waals surface area (Å²) >= 11 is 3.28. The molecule has 0 saturated carbocycles. The number of hydrogen-bond acceptors (Lipinski definition) is 3. The van der Waals surface area contributed by atoms with Crippen molar-refractivity contribution in [1.82, 2.24) is 4.98 Å². The Kier molecular flexibility index (Phi) is 3.62. The van der Waals surface area contributed by atoms with Gasteiger partial charge in [-0.25, -0.2) is 4.98 Å². The largest absolute Gasteiger partial charge is 0.507 e. The quantitative estimate of drug-likeness (QED) is 0.717. The number of nitrogens with zero attached hydrogens (tertiary/aromatic N) is 1. The molecule has 3 nitrogen and oxygen atoms in total. The van der Waals surface area contributed by atoms with E-state index in [1.165, 1.54) is 0 Å². The number of benzene rings is 2. The zero-order valence-corrected chi connectivity index (χ0v) is 12.6. The van der Waals surface area contributed by atoms with Crippen molar-refractivity contribution in [2.24, 2.45) is 0 Å². The second-order valence-electron chi connectivity index (χ2n) is 4.63. The van der Waals surface area contributed by atoms with Gasteiger partial charge >= 0.3 is 0 Å². The molecule has 0 aliphatic carbocycles. The summed E-state index contributed by atoms with van der Waals surface area (Å²) in [5.74, 6) is 0.385. The molecule has 3 rings (SSSR count). The third-order valence-corrected chi connectivity index (χ3v) is 3.77. The Bertz CT molecular complexity index is 843. The maximum atomic E-state index is 9.83. The first kappa shape index (κ1) is 13.6. The zero-order chi connectivity index (χ0) is 14.8. The molecule has 0 saturated heterocycles. The first-order chi connectivity index (χ1) is 10.1. The topological polar surface area (TPSA) is 53.4 Å². The average Bonchev–Trinajstić information content (AvgIpc) is 2.49. The minimum Gasteiger partial charge on any atom is -0.507 e. The molecule has 0 bridgehead atoms. The van der Waals surface area contributed by atoms with Crippen molar-refractivity contribution in [3.05, 3.63) is 64.3 Å². The summed E-state index contributed by atoms with van der Waals surface area (Å²) in [4.78, 5) is 4.43. The van der Waals surface area contributed by atoms with E-state index >= 15 is 0 Å². The van der Waals surface area contributed by atoms with E-state index in [-0.39, 0.29) is 11.5 Å². The van der Waals surface area contributed by atoms with Gasteiger partial charge in [-0.1, -0.05) is 30.3 Å². The highest BCUT2D eigenvalue weighted by atomic mass is 79.9. The number of fused-ring (bicyclic) bond motifs is 1. The van der Waals surface area contributed by atoms with Crippen molar-refractivity contribution < 1.29 is 10.2 Å². The molecule has 0 amide bonds. The lowest BCUT2D eigenvalue weighted by molar-refractivity contribution is 0.472. The van der Waals surface area contributed by atoms with E-state index in [0.29, 0.717) is 9.99 Å². The molecule has 2 aromatic carbocycles. The van der Waals surface area contributed by atoms with E-state index in [1.807, 2.05) is 42.5 Å². The lowest BCUT2D eigenvalue weighted by Crippen LogP contribution is -1.83. The molecule has 0 unspecified atom stereocenters. The molecule has 0 radical (unpaired) electrons. The van der Waals surface area contributed by atoms with Crippen molar-refractivity contribution in [2.45, 2.75) is 0 Å². The Balaban J connectivity index is 1.95. The molecule has 4 heteroatoms. The van der Waals surface area contributed by atoms with E-state index < -0.39 is 0 Å². The maximum Gasteiger partial charge on any atom is 0.141 e. The van der Waals surface area contributed by atoms with Gasteiger partial charge in [-0.05, 0) is 51.8 Å². The smallest absolute Gasteiger partial charge is 0.141 e. The molecule has 3 aromatic rings. The van der Waals surface area contributed by atoms with Gasteiger partial charge in [-0.3, -0.25) is 0 Å². The maximum absolute atomic E-state index is 9.83. The molecule has 104 valence electrons. The predicted octanol–water partition coefficient (Wildman–Crippen LogP) is 4.58. The molecular formula is C17H12BrNO2. The summed E-state index contributed by atoms with van der Waals surface area (Å²) in [5, 5.41) is 20.2. The molecule has 0 fully saturated rings. The van der Waals surface area contributed by atoms with Gasteiger partial charge in [-0.2, -0.15) is 0 Å². The van der Waals surface area contributed by atoms with Crippen LogP contribution in [-0.2, 0) is 0 Å². The predicted molar refractivity (Wildman–Crippen MR) is 88.1 cm³/mol. The fourth-order valence-electron chi connectivity index (χ4n) is 2.05. The summed E-state index contributed by atoms with van der Waals surface area (Å²) in [7, 11) is 0. The number of phenolic OH excluding ortho intramolecular Hbond substituents is 2. The highest BCUT2D eigenvalue weighted by Crippen LogP contribution is 2.26. The van der Waals surface area contributed by atoms with Crippen LogP contribution in [0.4, 0.5) is 0 Å². The van der Waals surface area contributed by atoms with Crippen LogP contribution in [0.2, 0.25) is 0 Å². The van der Waals surface area contributed by atoms with Gasteiger partial charge in [0, 0.05) is 5.39 Å². The second-order valence-corrected chi connectivity index (χ2v) is 5.48. The van der Waals surface area contributed by atoms with E-state index in [4.69, 9.17) is 0 Å². The Hall–Kier alpha value is -2.33. The minimum absolute atomic E-state index is 0.176. The molecule has 1 heterocycles.